The normalized spacial score (nSPS) is 17.5. The molecule has 4 heterocycles. The first-order valence-electron chi connectivity index (χ1n) is 12.5. The van der Waals surface area contributed by atoms with E-state index in [1.165, 1.54) is 0 Å². The summed E-state index contributed by atoms with van der Waals surface area (Å²) in [6.07, 6.45) is 5.25. The molecule has 1 atom stereocenters. The highest BCUT2D eigenvalue weighted by Gasteiger charge is 2.28. The van der Waals surface area contributed by atoms with Gasteiger partial charge in [-0.2, -0.15) is 10.4 Å². The molecule has 0 spiro atoms. The Kier molecular flexibility index (Phi) is 7.03. The minimum absolute atomic E-state index is 0.0226. The highest BCUT2D eigenvalue weighted by Crippen LogP contribution is 2.27. The molecule has 1 amide bonds. The first-order valence-corrected chi connectivity index (χ1v) is 12.5. The molecule has 2 saturated heterocycles. The summed E-state index contributed by atoms with van der Waals surface area (Å²) in [6.45, 7) is 5.65. The van der Waals surface area contributed by atoms with Crippen molar-refractivity contribution in [1.29, 1.82) is 5.26 Å². The summed E-state index contributed by atoms with van der Waals surface area (Å²) in [6, 6.07) is 13.1. The van der Waals surface area contributed by atoms with Crippen LogP contribution in [-0.2, 0) is 0 Å². The molecule has 5 rings (SSSR count). The van der Waals surface area contributed by atoms with Crippen LogP contribution < -0.4 is 20.1 Å². The van der Waals surface area contributed by atoms with Crippen molar-refractivity contribution in [3.05, 3.63) is 75.8 Å². The highest BCUT2D eigenvalue weighted by molar-refractivity contribution is 5.94. The van der Waals surface area contributed by atoms with E-state index in [9.17, 15) is 9.59 Å². The Hall–Kier alpha value is -4.39. The lowest BCUT2D eigenvalue weighted by Gasteiger charge is -2.35. The van der Waals surface area contributed by atoms with E-state index in [0.717, 1.165) is 30.9 Å². The van der Waals surface area contributed by atoms with Gasteiger partial charge in [0.2, 0.25) is 0 Å². The lowest BCUT2D eigenvalue weighted by atomic mass is 10.1. The minimum atomic E-state index is -0.177. The number of nitrogens with zero attached hydrogens (tertiary/aromatic N) is 6. The molecule has 0 radical (unpaired) electrons. The first-order chi connectivity index (χ1) is 18.0. The van der Waals surface area contributed by atoms with Crippen LogP contribution in [0.15, 0.2) is 53.6 Å². The number of anilines is 2. The number of benzene rings is 1. The number of aromatic amines is 1. The van der Waals surface area contributed by atoms with Crippen molar-refractivity contribution in [2.45, 2.75) is 25.8 Å². The Balaban J connectivity index is 1.18. The van der Waals surface area contributed by atoms with E-state index in [-0.39, 0.29) is 17.5 Å². The maximum Gasteiger partial charge on any atom is 0.269 e. The third-order valence-corrected chi connectivity index (χ3v) is 7.06. The molecule has 0 saturated carbocycles. The van der Waals surface area contributed by atoms with Crippen molar-refractivity contribution in [2.24, 2.45) is 0 Å². The molecule has 2 aliphatic heterocycles. The van der Waals surface area contributed by atoms with Gasteiger partial charge in [0, 0.05) is 50.0 Å². The molecule has 0 unspecified atom stereocenters. The third-order valence-electron chi connectivity index (χ3n) is 7.06. The quantitative estimate of drug-likeness (QED) is 0.549. The second-order valence-electron chi connectivity index (χ2n) is 9.33. The number of carbonyl (C=O) groups is 1. The largest absolute Gasteiger partial charge is 0.491 e. The Labute approximate surface area is 215 Å². The lowest BCUT2D eigenvalue weighted by molar-refractivity contribution is 0.0746. The molecule has 2 aromatic heterocycles. The highest BCUT2D eigenvalue weighted by atomic mass is 16.5. The number of hydrogen-bond acceptors (Lipinski definition) is 8. The second kappa shape index (κ2) is 10.7. The average molecular weight is 500 g/mol. The number of carbonyl (C=O) groups excluding carboxylic acids is 1. The molecule has 10 heteroatoms. The average Bonchev–Trinajstić information content (AvgIpc) is 3.42. The predicted octanol–water partition coefficient (Wildman–Crippen LogP) is 2.36. The number of pyridine rings is 1. The van der Waals surface area contributed by atoms with Gasteiger partial charge >= 0.3 is 0 Å². The van der Waals surface area contributed by atoms with Gasteiger partial charge in [-0.05, 0) is 50.1 Å². The van der Waals surface area contributed by atoms with Crippen LogP contribution in [0.3, 0.4) is 0 Å². The summed E-state index contributed by atoms with van der Waals surface area (Å²) >= 11 is 0. The summed E-state index contributed by atoms with van der Waals surface area (Å²) in [5.41, 5.74) is 2.45. The van der Waals surface area contributed by atoms with Gasteiger partial charge in [0.1, 0.15) is 24.2 Å². The Morgan fingerprint density at radius 1 is 1.16 bits per heavy atom. The van der Waals surface area contributed by atoms with Gasteiger partial charge < -0.3 is 19.4 Å². The van der Waals surface area contributed by atoms with Crippen molar-refractivity contribution in [2.75, 3.05) is 49.1 Å². The molecule has 0 bridgehead atoms. The molecule has 10 nitrogen and oxygen atoms in total. The number of nitrogens with one attached hydrogen (secondary N) is 1. The van der Waals surface area contributed by atoms with E-state index in [1.54, 1.807) is 24.5 Å². The monoisotopic (exact) mass is 499 g/mol. The summed E-state index contributed by atoms with van der Waals surface area (Å²) in [5.74, 6) is 1.44. The number of hydrogen-bond donors (Lipinski definition) is 1. The zero-order valence-electron chi connectivity index (χ0n) is 20.8. The van der Waals surface area contributed by atoms with Crippen LogP contribution in [-0.4, -0.2) is 71.4 Å². The summed E-state index contributed by atoms with van der Waals surface area (Å²) in [7, 11) is 0. The standard InChI is InChI=1S/C27H29N7O3/c1-19-24(17-30-31-26(19)35)34-9-3-5-22(34)18-37-23-6-2-4-21(14-23)27(36)33-12-10-32(11-13-33)25-8-7-20(15-28)16-29-25/h2,4,6-8,14,16-17,22H,3,5,9-13,18H2,1H3,(H,31,35)/t22-/m0/s1. The van der Waals surface area contributed by atoms with Gasteiger partial charge in [-0.1, -0.05) is 6.07 Å². The lowest BCUT2D eigenvalue weighted by Crippen LogP contribution is -2.49. The van der Waals surface area contributed by atoms with Crippen LogP contribution in [0.1, 0.15) is 34.3 Å². The van der Waals surface area contributed by atoms with E-state index in [4.69, 9.17) is 10.00 Å². The van der Waals surface area contributed by atoms with Crippen LogP contribution in [0.25, 0.3) is 0 Å². The van der Waals surface area contributed by atoms with Crippen LogP contribution in [0.5, 0.6) is 5.75 Å². The fraction of sp³-hybridized carbons (Fsp3) is 0.370. The zero-order chi connectivity index (χ0) is 25.8. The second-order valence-corrected chi connectivity index (χ2v) is 9.33. The van der Waals surface area contributed by atoms with E-state index in [0.29, 0.717) is 55.2 Å². The number of nitriles is 1. The molecule has 0 aliphatic carbocycles. The summed E-state index contributed by atoms with van der Waals surface area (Å²) < 4.78 is 6.13. The Morgan fingerprint density at radius 3 is 2.76 bits per heavy atom. The number of piperazine rings is 1. The Morgan fingerprint density at radius 2 is 2.00 bits per heavy atom. The van der Waals surface area contributed by atoms with Crippen LogP contribution >= 0.6 is 0 Å². The predicted molar refractivity (Wildman–Crippen MR) is 139 cm³/mol. The van der Waals surface area contributed by atoms with Gasteiger partial charge in [0.15, 0.2) is 0 Å². The molecular weight excluding hydrogens is 470 g/mol. The van der Waals surface area contributed by atoms with E-state index >= 15 is 0 Å². The fourth-order valence-corrected chi connectivity index (χ4v) is 4.94. The number of aromatic nitrogens is 3. The molecule has 190 valence electrons. The molecule has 37 heavy (non-hydrogen) atoms. The smallest absolute Gasteiger partial charge is 0.269 e. The molecule has 3 aromatic rings. The molecule has 1 aromatic carbocycles. The van der Waals surface area contributed by atoms with Gasteiger partial charge in [0.05, 0.1) is 23.5 Å². The van der Waals surface area contributed by atoms with Crippen molar-refractivity contribution in [1.82, 2.24) is 20.1 Å². The van der Waals surface area contributed by atoms with Crippen molar-refractivity contribution < 1.29 is 9.53 Å². The zero-order valence-corrected chi connectivity index (χ0v) is 20.8. The maximum absolute atomic E-state index is 13.2. The van der Waals surface area contributed by atoms with Crippen LogP contribution in [0.2, 0.25) is 0 Å². The molecule has 1 N–H and O–H groups in total. The minimum Gasteiger partial charge on any atom is -0.491 e. The summed E-state index contributed by atoms with van der Waals surface area (Å²) in [5, 5.41) is 15.4. The van der Waals surface area contributed by atoms with Crippen LogP contribution in [0.4, 0.5) is 11.5 Å². The number of H-pyrrole nitrogens is 1. The topological polar surface area (TPSA) is 118 Å². The molecular formula is C27H29N7O3. The first kappa shape index (κ1) is 24.3. The number of rotatable bonds is 6. The summed E-state index contributed by atoms with van der Waals surface area (Å²) in [4.78, 5) is 35.7. The van der Waals surface area contributed by atoms with Crippen molar-refractivity contribution >= 4 is 17.4 Å². The fourth-order valence-electron chi connectivity index (χ4n) is 4.94. The van der Waals surface area contributed by atoms with Gasteiger partial charge in [-0.3, -0.25) is 9.59 Å². The maximum atomic E-state index is 13.2. The van der Waals surface area contributed by atoms with Gasteiger partial charge in [0.25, 0.3) is 11.5 Å². The van der Waals surface area contributed by atoms with Gasteiger partial charge in [-0.15, -0.1) is 0 Å². The SMILES string of the molecule is Cc1c(N2CCC[C@H]2COc2cccc(C(=O)N3CCN(c4ccc(C#N)cn4)CC3)c2)cn[nH]c1=O. The third kappa shape index (κ3) is 5.26. The molecule has 2 fully saturated rings. The number of ether oxygens (including phenoxy) is 1. The Bertz CT molecular complexity index is 1360. The van der Waals surface area contributed by atoms with E-state index in [1.807, 2.05) is 36.1 Å². The van der Waals surface area contributed by atoms with Crippen LogP contribution in [0, 0.1) is 18.3 Å². The van der Waals surface area contributed by atoms with Crippen molar-refractivity contribution in [3.8, 4) is 11.8 Å². The molecule has 2 aliphatic rings. The number of amides is 1. The van der Waals surface area contributed by atoms with E-state index in [2.05, 4.69) is 31.1 Å². The van der Waals surface area contributed by atoms with Gasteiger partial charge in [-0.25, -0.2) is 10.1 Å². The van der Waals surface area contributed by atoms with E-state index < -0.39 is 0 Å². The van der Waals surface area contributed by atoms with Crippen molar-refractivity contribution in [3.63, 3.8) is 0 Å².